The summed E-state index contributed by atoms with van der Waals surface area (Å²) in [4.78, 5) is 9.73. The Morgan fingerprint density at radius 1 is 1.56 bits per heavy atom. The second-order valence-electron chi connectivity index (χ2n) is 1.37. The molecule has 1 unspecified atom stereocenters. The molecule has 0 rings (SSSR count). The van der Waals surface area contributed by atoms with Crippen LogP contribution in [0.3, 0.4) is 0 Å². The van der Waals surface area contributed by atoms with Crippen LogP contribution in [0, 0.1) is 0 Å². The standard InChI is InChI=1S/C4H8O4.Li/c5-2-1-3(6)4(7)8;/h3,5-6H,1-2H2,(H,7,8);. The van der Waals surface area contributed by atoms with E-state index in [0.717, 1.165) is 0 Å². The molecule has 3 N–H and O–H groups in total. The van der Waals surface area contributed by atoms with Gasteiger partial charge in [0.05, 0.1) is 0 Å². The normalized spacial score (nSPS) is 11.8. The fraction of sp³-hybridized carbons (Fsp3) is 0.750. The van der Waals surface area contributed by atoms with Crippen molar-refractivity contribution in [2.75, 3.05) is 6.61 Å². The van der Waals surface area contributed by atoms with Crippen LogP contribution in [0.1, 0.15) is 6.42 Å². The minimum atomic E-state index is -1.42. The number of aliphatic hydroxyl groups excluding tert-OH is 2. The quantitative estimate of drug-likeness (QED) is 0.400. The zero-order chi connectivity index (χ0) is 6.57. The van der Waals surface area contributed by atoms with Crippen LogP contribution in [0.25, 0.3) is 0 Å². The molecule has 49 valence electrons. The molecular formula is C4H8LiO4. The molecule has 9 heavy (non-hydrogen) atoms. The predicted molar refractivity (Wildman–Crippen MR) is 31.1 cm³/mol. The van der Waals surface area contributed by atoms with E-state index >= 15 is 0 Å². The molecule has 0 aliphatic carbocycles. The van der Waals surface area contributed by atoms with Gasteiger partial charge in [-0.3, -0.25) is 0 Å². The first-order valence-corrected chi connectivity index (χ1v) is 2.20. The summed E-state index contributed by atoms with van der Waals surface area (Å²) in [5, 5.41) is 24.4. The monoisotopic (exact) mass is 127 g/mol. The van der Waals surface area contributed by atoms with Crippen LogP contribution in [-0.2, 0) is 4.79 Å². The maximum Gasteiger partial charge on any atom is 0.332 e. The van der Waals surface area contributed by atoms with Gasteiger partial charge in [-0.05, 0) is 0 Å². The van der Waals surface area contributed by atoms with E-state index < -0.39 is 12.1 Å². The van der Waals surface area contributed by atoms with Crippen LogP contribution >= 0.6 is 0 Å². The smallest absolute Gasteiger partial charge is 0.332 e. The van der Waals surface area contributed by atoms with E-state index in [0.29, 0.717) is 0 Å². The summed E-state index contributed by atoms with van der Waals surface area (Å²) < 4.78 is 0. The first kappa shape index (κ1) is 11.7. The molecule has 0 heterocycles. The van der Waals surface area contributed by atoms with Crippen molar-refractivity contribution in [3.8, 4) is 0 Å². The van der Waals surface area contributed by atoms with Gasteiger partial charge in [0.25, 0.3) is 0 Å². The molecule has 0 bridgehead atoms. The van der Waals surface area contributed by atoms with Gasteiger partial charge >= 0.3 is 5.97 Å². The topological polar surface area (TPSA) is 77.8 Å². The van der Waals surface area contributed by atoms with Crippen LogP contribution in [0.5, 0.6) is 0 Å². The van der Waals surface area contributed by atoms with Crippen molar-refractivity contribution in [2.45, 2.75) is 12.5 Å². The third-order valence-electron chi connectivity index (χ3n) is 0.688. The number of aliphatic hydroxyl groups is 2. The zero-order valence-electron chi connectivity index (χ0n) is 5.24. The Balaban J connectivity index is 0. The van der Waals surface area contributed by atoms with Gasteiger partial charge in [0.15, 0.2) is 6.10 Å². The Labute approximate surface area is 64.7 Å². The van der Waals surface area contributed by atoms with Gasteiger partial charge in [0.2, 0.25) is 0 Å². The van der Waals surface area contributed by atoms with Crippen LogP contribution in [0.2, 0.25) is 0 Å². The Morgan fingerprint density at radius 2 is 2.00 bits per heavy atom. The summed E-state index contributed by atoms with van der Waals surface area (Å²) in [6, 6.07) is 0. The van der Waals surface area contributed by atoms with E-state index in [2.05, 4.69) is 0 Å². The Kier molecular flexibility index (Phi) is 7.98. The van der Waals surface area contributed by atoms with Gasteiger partial charge in [-0.25, -0.2) is 4.79 Å². The number of hydrogen-bond donors (Lipinski definition) is 3. The van der Waals surface area contributed by atoms with E-state index in [1.807, 2.05) is 0 Å². The van der Waals surface area contributed by atoms with E-state index in [9.17, 15) is 4.79 Å². The summed E-state index contributed by atoms with van der Waals surface area (Å²) in [5.41, 5.74) is 0. The second kappa shape index (κ2) is 6.11. The number of aliphatic carboxylic acids is 1. The average molecular weight is 127 g/mol. The summed E-state index contributed by atoms with van der Waals surface area (Å²) in [6.07, 6.45) is -1.52. The summed E-state index contributed by atoms with van der Waals surface area (Å²) in [6.45, 7) is -0.298. The van der Waals surface area contributed by atoms with Crippen LogP contribution in [-0.4, -0.2) is 52.9 Å². The fourth-order valence-corrected chi connectivity index (χ4v) is 0.246. The molecule has 0 saturated carbocycles. The number of rotatable bonds is 3. The molecule has 0 spiro atoms. The van der Waals surface area contributed by atoms with Gasteiger partial charge in [0.1, 0.15) is 0 Å². The van der Waals surface area contributed by atoms with Crippen molar-refractivity contribution < 1.29 is 20.1 Å². The molecule has 0 saturated heterocycles. The summed E-state index contributed by atoms with van der Waals surface area (Å²) >= 11 is 0. The number of carboxylic acid groups (broad SMARTS) is 1. The van der Waals surface area contributed by atoms with Crippen molar-refractivity contribution in [1.29, 1.82) is 0 Å². The molecule has 4 nitrogen and oxygen atoms in total. The van der Waals surface area contributed by atoms with E-state index in [-0.39, 0.29) is 31.9 Å². The molecule has 0 amide bonds. The maximum absolute atomic E-state index is 9.73. The predicted octanol–water partition coefficient (Wildman–Crippen LogP) is -1.57. The molecule has 0 aromatic carbocycles. The van der Waals surface area contributed by atoms with Gasteiger partial charge in [-0.1, -0.05) is 0 Å². The van der Waals surface area contributed by atoms with Crippen molar-refractivity contribution in [3.05, 3.63) is 0 Å². The van der Waals surface area contributed by atoms with Gasteiger partial charge < -0.3 is 15.3 Å². The molecule has 1 radical (unpaired) electrons. The van der Waals surface area contributed by atoms with E-state index in [4.69, 9.17) is 15.3 Å². The minimum Gasteiger partial charge on any atom is -0.479 e. The van der Waals surface area contributed by atoms with Crippen LogP contribution in [0.4, 0.5) is 0 Å². The third kappa shape index (κ3) is 5.86. The molecule has 1 atom stereocenters. The first-order valence-electron chi connectivity index (χ1n) is 2.20. The molecule has 0 aliphatic rings. The van der Waals surface area contributed by atoms with Crippen molar-refractivity contribution >= 4 is 24.8 Å². The van der Waals surface area contributed by atoms with E-state index in [1.165, 1.54) is 0 Å². The number of carboxylic acids is 1. The average Bonchev–Trinajstić information content (AvgIpc) is 1.67. The Hall–Kier alpha value is -0.0126. The van der Waals surface area contributed by atoms with Gasteiger partial charge in [-0.15, -0.1) is 0 Å². The largest absolute Gasteiger partial charge is 0.479 e. The molecule has 0 aliphatic heterocycles. The van der Waals surface area contributed by atoms with Crippen LogP contribution in [0.15, 0.2) is 0 Å². The second-order valence-corrected chi connectivity index (χ2v) is 1.37. The molecule has 0 fully saturated rings. The zero-order valence-corrected chi connectivity index (χ0v) is 5.24. The number of hydrogen-bond acceptors (Lipinski definition) is 3. The summed E-state index contributed by atoms with van der Waals surface area (Å²) in [5.74, 6) is -1.29. The minimum absolute atomic E-state index is 0. The molecule has 0 aromatic rings. The maximum atomic E-state index is 9.73. The first-order chi connectivity index (χ1) is 3.68. The van der Waals surface area contributed by atoms with Gasteiger partial charge in [-0.2, -0.15) is 0 Å². The third-order valence-corrected chi connectivity index (χ3v) is 0.688. The van der Waals surface area contributed by atoms with Crippen molar-refractivity contribution in [2.24, 2.45) is 0 Å². The fourth-order valence-electron chi connectivity index (χ4n) is 0.246. The van der Waals surface area contributed by atoms with Crippen LogP contribution < -0.4 is 0 Å². The molecular weight excluding hydrogens is 119 g/mol. The van der Waals surface area contributed by atoms with Crippen molar-refractivity contribution in [3.63, 3.8) is 0 Å². The van der Waals surface area contributed by atoms with Crippen molar-refractivity contribution in [1.82, 2.24) is 0 Å². The Bertz CT molecular complexity index is 84.6. The Morgan fingerprint density at radius 3 is 2.11 bits per heavy atom. The molecule has 5 heteroatoms. The number of carbonyl (C=O) groups is 1. The van der Waals surface area contributed by atoms with E-state index in [1.54, 1.807) is 0 Å². The van der Waals surface area contributed by atoms with Gasteiger partial charge in [0, 0.05) is 31.9 Å². The molecule has 0 aromatic heterocycles. The SMILES string of the molecule is O=C(O)C(O)CCO.[Li]. The summed E-state index contributed by atoms with van der Waals surface area (Å²) in [7, 11) is 0.